The van der Waals surface area contributed by atoms with Gasteiger partial charge in [-0.25, -0.2) is 9.97 Å². The monoisotopic (exact) mass is 192 g/mol. The molecule has 1 aromatic heterocycles. The topological polar surface area (TPSA) is 25.8 Å². The molecule has 0 N–H and O–H groups in total. The van der Waals surface area contributed by atoms with Gasteiger partial charge < -0.3 is 0 Å². The Morgan fingerprint density at radius 1 is 1.15 bits per heavy atom. The molecule has 0 aliphatic rings. The minimum Gasteiger partial charge on any atom is -0.233 e. The number of rotatable bonds is 0. The van der Waals surface area contributed by atoms with Crippen LogP contribution in [0.15, 0.2) is 18.2 Å². The van der Waals surface area contributed by atoms with Crippen LogP contribution < -0.4 is 0 Å². The van der Waals surface area contributed by atoms with Crippen LogP contribution in [-0.4, -0.2) is 9.97 Å². The van der Waals surface area contributed by atoms with Crippen LogP contribution in [0.3, 0.4) is 0 Å². The van der Waals surface area contributed by atoms with Crippen molar-refractivity contribution in [2.45, 2.75) is 13.8 Å². The van der Waals surface area contributed by atoms with Crippen molar-refractivity contribution in [3.63, 3.8) is 0 Å². The van der Waals surface area contributed by atoms with Crippen LogP contribution in [0.4, 0.5) is 0 Å². The summed E-state index contributed by atoms with van der Waals surface area (Å²) in [5, 5.41) is 1.50. The molecule has 66 valence electrons. The van der Waals surface area contributed by atoms with Gasteiger partial charge in [0.1, 0.15) is 11.0 Å². The molecule has 0 unspecified atom stereocenters. The second kappa shape index (κ2) is 2.96. The molecular weight excluding hydrogens is 184 g/mol. The molecule has 3 heteroatoms. The fraction of sp³-hybridized carbons (Fsp3) is 0.200. The van der Waals surface area contributed by atoms with Crippen LogP contribution in [0.25, 0.3) is 10.9 Å². The fourth-order valence-corrected chi connectivity index (χ4v) is 1.78. The summed E-state index contributed by atoms with van der Waals surface area (Å²) >= 11 is 6.02. The van der Waals surface area contributed by atoms with Gasteiger partial charge in [-0.1, -0.05) is 23.7 Å². The van der Waals surface area contributed by atoms with Crippen molar-refractivity contribution in [1.82, 2.24) is 9.97 Å². The van der Waals surface area contributed by atoms with E-state index in [0.717, 1.165) is 16.5 Å². The van der Waals surface area contributed by atoms with Crippen LogP contribution in [0.2, 0.25) is 5.15 Å². The van der Waals surface area contributed by atoms with E-state index in [2.05, 4.69) is 9.97 Å². The molecular formula is C10H9ClN2. The van der Waals surface area contributed by atoms with E-state index in [0.29, 0.717) is 11.0 Å². The first kappa shape index (κ1) is 8.45. The smallest absolute Gasteiger partial charge is 0.140 e. The lowest BCUT2D eigenvalue weighted by molar-refractivity contribution is 1.09. The van der Waals surface area contributed by atoms with Gasteiger partial charge in [0.2, 0.25) is 0 Å². The highest BCUT2D eigenvalue weighted by molar-refractivity contribution is 6.34. The molecule has 2 nitrogen and oxygen atoms in total. The van der Waals surface area contributed by atoms with E-state index in [-0.39, 0.29) is 0 Å². The van der Waals surface area contributed by atoms with E-state index in [4.69, 9.17) is 11.6 Å². The third kappa shape index (κ3) is 1.38. The van der Waals surface area contributed by atoms with Crippen LogP contribution >= 0.6 is 11.6 Å². The van der Waals surface area contributed by atoms with Gasteiger partial charge in [-0.05, 0) is 25.5 Å². The highest BCUT2D eigenvalue weighted by Crippen LogP contribution is 2.23. The van der Waals surface area contributed by atoms with Crippen LogP contribution in [0.1, 0.15) is 11.4 Å². The van der Waals surface area contributed by atoms with Crippen molar-refractivity contribution >= 4 is 22.5 Å². The molecule has 2 rings (SSSR count). The van der Waals surface area contributed by atoms with Crippen molar-refractivity contribution in [2.24, 2.45) is 0 Å². The molecule has 0 aliphatic carbocycles. The summed E-state index contributed by atoms with van der Waals surface area (Å²) in [6, 6.07) is 5.93. The summed E-state index contributed by atoms with van der Waals surface area (Å²) in [4.78, 5) is 8.42. The van der Waals surface area contributed by atoms with E-state index in [1.54, 1.807) is 0 Å². The van der Waals surface area contributed by atoms with E-state index in [1.807, 2.05) is 32.0 Å². The molecule has 0 radical (unpaired) electrons. The number of halogens is 1. The van der Waals surface area contributed by atoms with Crippen molar-refractivity contribution in [3.05, 3.63) is 34.7 Å². The summed E-state index contributed by atoms with van der Waals surface area (Å²) in [7, 11) is 0. The standard InChI is InChI=1S/C10H9ClN2/c1-6-4-3-5-8-9(6)10(11)13-7(2)12-8/h3-5H,1-2H3. The Morgan fingerprint density at radius 3 is 2.69 bits per heavy atom. The van der Waals surface area contributed by atoms with Gasteiger partial charge in [0, 0.05) is 5.39 Å². The molecule has 1 aromatic carbocycles. The minimum absolute atomic E-state index is 0.542. The Kier molecular flexibility index (Phi) is 1.93. The van der Waals surface area contributed by atoms with Gasteiger partial charge >= 0.3 is 0 Å². The zero-order valence-electron chi connectivity index (χ0n) is 7.50. The first-order chi connectivity index (χ1) is 6.18. The van der Waals surface area contributed by atoms with Gasteiger partial charge in [0.25, 0.3) is 0 Å². The predicted octanol–water partition coefficient (Wildman–Crippen LogP) is 2.90. The molecule has 0 spiro atoms. The number of fused-ring (bicyclic) bond motifs is 1. The summed E-state index contributed by atoms with van der Waals surface area (Å²) < 4.78 is 0. The first-order valence-corrected chi connectivity index (χ1v) is 4.46. The summed E-state index contributed by atoms with van der Waals surface area (Å²) in [5.74, 6) is 0.711. The number of nitrogens with zero attached hydrogens (tertiary/aromatic N) is 2. The van der Waals surface area contributed by atoms with E-state index < -0.39 is 0 Å². The maximum absolute atomic E-state index is 6.02. The summed E-state index contributed by atoms with van der Waals surface area (Å²) in [5.41, 5.74) is 2.03. The van der Waals surface area contributed by atoms with Crippen LogP contribution in [0.5, 0.6) is 0 Å². The zero-order valence-corrected chi connectivity index (χ0v) is 8.26. The van der Waals surface area contributed by atoms with E-state index in [9.17, 15) is 0 Å². The number of hydrogen-bond donors (Lipinski definition) is 0. The number of aryl methyl sites for hydroxylation is 2. The molecule has 13 heavy (non-hydrogen) atoms. The minimum atomic E-state index is 0.542. The average Bonchev–Trinajstić information content (AvgIpc) is 2.02. The SMILES string of the molecule is Cc1nc(Cl)c2c(C)cccc2n1. The van der Waals surface area contributed by atoms with E-state index in [1.165, 1.54) is 0 Å². The highest BCUT2D eigenvalue weighted by Gasteiger charge is 2.04. The number of hydrogen-bond acceptors (Lipinski definition) is 2. The van der Waals surface area contributed by atoms with Crippen molar-refractivity contribution in [2.75, 3.05) is 0 Å². The molecule has 2 aromatic rings. The Balaban J connectivity index is 2.94. The van der Waals surface area contributed by atoms with Crippen molar-refractivity contribution in [1.29, 1.82) is 0 Å². The predicted molar refractivity (Wildman–Crippen MR) is 54.0 cm³/mol. The molecule has 0 atom stereocenters. The Hall–Kier alpha value is -1.15. The summed E-state index contributed by atoms with van der Waals surface area (Å²) in [6.07, 6.45) is 0. The van der Waals surface area contributed by atoms with Gasteiger partial charge in [0.15, 0.2) is 0 Å². The van der Waals surface area contributed by atoms with E-state index >= 15 is 0 Å². The van der Waals surface area contributed by atoms with Gasteiger partial charge in [-0.15, -0.1) is 0 Å². The largest absolute Gasteiger partial charge is 0.233 e. The first-order valence-electron chi connectivity index (χ1n) is 4.08. The highest BCUT2D eigenvalue weighted by atomic mass is 35.5. The van der Waals surface area contributed by atoms with Gasteiger partial charge in [-0.2, -0.15) is 0 Å². The molecule has 0 saturated heterocycles. The molecule has 0 bridgehead atoms. The third-order valence-electron chi connectivity index (χ3n) is 2.00. The second-order valence-electron chi connectivity index (χ2n) is 3.03. The Bertz CT molecular complexity index is 466. The normalized spacial score (nSPS) is 10.7. The molecule has 0 saturated carbocycles. The van der Waals surface area contributed by atoms with Gasteiger partial charge in [0.05, 0.1) is 5.52 Å². The Labute approximate surface area is 81.6 Å². The third-order valence-corrected chi connectivity index (χ3v) is 2.27. The molecule has 1 heterocycles. The average molecular weight is 193 g/mol. The lowest BCUT2D eigenvalue weighted by atomic mass is 10.1. The van der Waals surface area contributed by atoms with Gasteiger partial charge in [-0.3, -0.25) is 0 Å². The quantitative estimate of drug-likeness (QED) is 0.600. The summed E-state index contributed by atoms with van der Waals surface area (Å²) in [6.45, 7) is 3.85. The molecule has 0 amide bonds. The van der Waals surface area contributed by atoms with Crippen LogP contribution in [-0.2, 0) is 0 Å². The fourth-order valence-electron chi connectivity index (χ4n) is 1.41. The second-order valence-corrected chi connectivity index (χ2v) is 3.39. The molecule has 0 fully saturated rings. The van der Waals surface area contributed by atoms with Crippen molar-refractivity contribution < 1.29 is 0 Å². The van der Waals surface area contributed by atoms with Crippen molar-refractivity contribution in [3.8, 4) is 0 Å². The maximum Gasteiger partial charge on any atom is 0.140 e. The molecule has 0 aliphatic heterocycles. The number of benzene rings is 1. The Morgan fingerprint density at radius 2 is 1.92 bits per heavy atom. The lowest BCUT2D eigenvalue weighted by Crippen LogP contribution is -1.91. The van der Waals surface area contributed by atoms with Crippen LogP contribution in [0, 0.1) is 13.8 Å². The maximum atomic E-state index is 6.02. The lowest BCUT2D eigenvalue weighted by Gasteiger charge is -2.03. The zero-order chi connectivity index (χ0) is 9.42. The number of aromatic nitrogens is 2.